The van der Waals surface area contributed by atoms with Gasteiger partial charge in [0.05, 0.1) is 0 Å². The third kappa shape index (κ3) is 6.16. The standard InChI is InChI=1S/C9H20N2O/c1-4-5-10-6-7-11-9(12)8(2)3/h8,10H,4-7H2,1-3H3,(H,11,12). The van der Waals surface area contributed by atoms with Crippen molar-refractivity contribution in [3.63, 3.8) is 0 Å². The Hall–Kier alpha value is -0.570. The zero-order valence-corrected chi connectivity index (χ0v) is 8.31. The monoisotopic (exact) mass is 172 g/mol. The molecule has 0 bridgehead atoms. The molecule has 0 rings (SSSR count). The Bertz CT molecular complexity index is 124. The van der Waals surface area contributed by atoms with E-state index in [1.165, 1.54) is 0 Å². The van der Waals surface area contributed by atoms with Crippen LogP contribution in [0.5, 0.6) is 0 Å². The lowest BCUT2D eigenvalue weighted by Crippen LogP contribution is -2.34. The van der Waals surface area contributed by atoms with Crippen LogP contribution in [-0.4, -0.2) is 25.5 Å². The fraction of sp³-hybridized carbons (Fsp3) is 0.889. The van der Waals surface area contributed by atoms with Crippen LogP contribution >= 0.6 is 0 Å². The Kier molecular flexibility index (Phi) is 6.76. The number of hydrogen-bond acceptors (Lipinski definition) is 2. The summed E-state index contributed by atoms with van der Waals surface area (Å²) >= 11 is 0. The van der Waals surface area contributed by atoms with E-state index in [0.29, 0.717) is 0 Å². The Morgan fingerprint density at radius 3 is 2.42 bits per heavy atom. The molecule has 2 N–H and O–H groups in total. The van der Waals surface area contributed by atoms with Gasteiger partial charge in [0.2, 0.25) is 5.91 Å². The molecule has 0 radical (unpaired) electrons. The number of carbonyl (C=O) groups is 1. The predicted molar refractivity (Wildman–Crippen MR) is 51.0 cm³/mol. The van der Waals surface area contributed by atoms with Crippen molar-refractivity contribution in [2.45, 2.75) is 27.2 Å². The normalized spacial score (nSPS) is 10.3. The van der Waals surface area contributed by atoms with Crippen molar-refractivity contribution in [3.05, 3.63) is 0 Å². The molecule has 0 aromatic rings. The van der Waals surface area contributed by atoms with E-state index in [9.17, 15) is 4.79 Å². The first-order valence-corrected chi connectivity index (χ1v) is 4.67. The molecular weight excluding hydrogens is 152 g/mol. The molecule has 12 heavy (non-hydrogen) atoms. The number of rotatable bonds is 6. The average Bonchev–Trinajstić information content (AvgIpc) is 2.03. The van der Waals surface area contributed by atoms with Gasteiger partial charge >= 0.3 is 0 Å². The Morgan fingerprint density at radius 1 is 1.25 bits per heavy atom. The summed E-state index contributed by atoms with van der Waals surface area (Å²) < 4.78 is 0. The van der Waals surface area contributed by atoms with Crippen LogP contribution in [-0.2, 0) is 4.79 Å². The summed E-state index contributed by atoms with van der Waals surface area (Å²) in [4.78, 5) is 11.0. The summed E-state index contributed by atoms with van der Waals surface area (Å²) in [5, 5.41) is 6.05. The molecule has 3 nitrogen and oxygen atoms in total. The molecular formula is C9H20N2O. The SMILES string of the molecule is CCCNCCNC(=O)C(C)C. The average molecular weight is 172 g/mol. The third-order valence-corrected chi connectivity index (χ3v) is 1.55. The predicted octanol–water partition coefficient (Wildman–Crippen LogP) is 0.758. The van der Waals surface area contributed by atoms with Crippen molar-refractivity contribution in [3.8, 4) is 0 Å². The van der Waals surface area contributed by atoms with Crippen molar-refractivity contribution in [1.82, 2.24) is 10.6 Å². The minimum Gasteiger partial charge on any atom is -0.355 e. The quantitative estimate of drug-likeness (QED) is 0.581. The van der Waals surface area contributed by atoms with Crippen LogP contribution in [0.15, 0.2) is 0 Å². The lowest BCUT2D eigenvalue weighted by Gasteiger charge is -2.07. The van der Waals surface area contributed by atoms with Crippen LogP contribution in [0.4, 0.5) is 0 Å². The van der Waals surface area contributed by atoms with Gasteiger partial charge in [-0.2, -0.15) is 0 Å². The highest BCUT2D eigenvalue weighted by Crippen LogP contribution is 1.88. The van der Waals surface area contributed by atoms with Gasteiger partial charge in [0, 0.05) is 19.0 Å². The second-order valence-corrected chi connectivity index (χ2v) is 3.20. The van der Waals surface area contributed by atoms with Crippen LogP contribution in [0.2, 0.25) is 0 Å². The maximum Gasteiger partial charge on any atom is 0.222 e. The summed E-state index contributed by atoms with van der Waals surface area (Å²) in [6, 6.07) is 0. The Balaban J connectivity index is 3.14. The van der Waals surface area contributed by atoms with Gasteiger partial charge < -0.3 is 10.6 Å². The van der Waals surface area contributed by atoms with E-state index in [4.69, 9.17) is 0 Å². The molecule has 0 aliphatic heterocycles. The summed E-state index contributed by atoms with van der Waals surface area (Å²) in [6.07, 6.45) is 1.14. The highest BCUT2D eigenvalue weighted by molar-refractivity contribution is 5.77. The van der Waals surface area contributed by atoms with E-state index < -0.39 is 0 Å². The second kappa shape index (κ2) is 7.10. The van der Waals surface area contributed by atoms with Crippen molar-refractivity contribution in [1.29, 1.82) is 0 Å². The minimum absolute atomic E-state index is 0.0937. The first-order valence-electron chi connectivity index (χ1n) is 4.67. The van der Waals surface area contributed by atoms with Crippen molar-refractivity contribution < 1.29 is 4.79 Å². The molecule has 0 aromatic carbocycles. The van der Waals surface area contributed by atoms with Gasteiger partial charge in [0.15, 0.2) is 0 Å². The van der Waals surface area contributed by atoms with Gasteiger partial charge in [-0.25, -0.2) is 0 Å². The van der Waals surface area contributed by atoms with E-state index >= 15 is 0 Å². The van der Waals surface area contributed by atoms with Gasteiger partial charge in [-0.15, -0.1) is 0 Å². The number of hydrogen-bond donors (Lipinski definition) is 2. The summed E-state index contributed by atoms with van der Waals surface area (Å²) in [5.74, 6) is 0.226. The Morgan fingerprint density at radius 2 is 1.92 bits per heavy atom. The first kappa shape index (κ1) is 11.4. The van der Waals surface area contributed by atoms with Gasteiger partial charge in [-0.1, -0.05) is 20.8 Å². The second-order valence-electron chi connectivity index (χ2n) is 3.20. The van der Waals surface area contributed by atoms with Crippen LogP contribution in [0.3, 0.4) is 0 Å². The van der Waals surface area contributed by atoms with Crippen LogP contribution < -0.4 is 10.6 Å². The molecule has 0 saturated carbocycles. The molecule has 1 amide bonds. The van der Waals surface area contributed by atoms with Gasteiger partial charge in [-0.05, 0) is 13.0 Å². The van der Waals surface area contributed by atoms with Crippen molar-refractivity contribution >= 4 is 5.91 Å². The minimum atomic E-state index is 0.0937. The van der Waals surface area contributed by atoms with E-state index in [1.807, 2.05) is 13.8 Å². The Labute approximate surface area is 74.9 Å². The molecule has 0 aliphatic carbocycles. The molecule has 0 fully saturated rings. The topological polar surface area (TPSA) is 41.1 Å². The number of amides is 1. The number of carbonyl (C=O) groups excluding carboxylic acids is 1. The molecule has 0 aromatic heterocycles. The summed E-state index contributed by atoms with van der Waals surface area (Å²) in [6.45, 7) is 8.55. The molecule has 72 valence electrons. The third-order valence-electron chi connectivity index (χ3n) is 1.55. The van der Waals surface area contributed by atoms with Crippen molar-refractivity contribution in [2.75, 3.05) is 19.6 Å². The van der Waals surface area contributed by atoms with Gasteiger partial charge in [-0.3, -0.25) is 4.79 Å². The van der Waals surface area contributed by atoms with Crippen molar-refractivity contribution in [2.24, 2.45) is 5.92 Å². The van der Waals surface area contributed by atoms with E-state index in [-0.39, 0.29) is 11.8 Å². The molecule has 0 saturated heterocycles. The smallest absolute Gasteiger partial charge is 0.222 e. The van der Waals surface area contributed by atoms with E-state index in [1.54, 1.807) is 0 Å². The van der Waals surface area contributed by atoms with Gasteiger partial charge in [0.25, 0.3) is 0 Å². The molecule has 0 aliphatic rings. The maximum atomic E-state index is 11.0. The lowest BCUT2D eigenvalue weighted by atomic mass is 10.2. The van der Waals surface area contributed by atoms with Crippen LogP contribution in [0.1, 0.15) is 27.2 Å². The molecule has 0 heterocycles. The highest BCUT2D eigenvalue weighted by Gasteiger charge is 2.03. The fourth-order valence-corrected chi connectivity index (χ4v) is 0.780. The zero-order chi connectivity index (χ0) is 9.40. The largest absolute Gasteiger partial charge is 0.355 e. The molecule has 3 heteroatoms. The maximum absolute atomic E-state index is 11.0. The molecule has 0 unspecified atom stereocenters. The van der Waals surface area contributed by atoms with Crippen LogP contribution in [0, 0.1) is 5.92 Å². The first-order chi connectivity index (χ1) is 5.68. The van der Waals surface area contributed by atoms with E-state index in [2.05, 4.69) is 17.6 Å². The van der Waals surface area contributed by atoms with Gasteiger partial charge in [0.1, 0.15) is 0 Å². The fourth-order valence-electron chi connectivity index (χ4n) is 0.780. The molecule has 0 atom stereocenters. The summed E-state index contributed by atoms with van der Waals surface area (Å²) in [7, 11) is 0. The van der Waals surface area contributed by atoms with Crippen LogP contribution in [0.25, 0.3) is 0 Å². The number of nitrogens with one attached hydrogen (secondary N) is 2. The summed E-state index contributed by atoms with van der Waals surface area (Å²) in [5.41, 5.74) is 0. The molecule has 0 spiro atoms. The lowest BCUT2D eigenvalue weighted by molar-refractivity contribution is -0.123. The zero-order valence-electron chi connectivity index (χ0n) is 8.31. The van der Waals surface area contributed by atoms with E-state index in [0.717, 1.165) is 26.1 Å². The highest BCUT2D eigenvalue weighted by atomic mass is 16.1.